The van der Waals surface area contributed by atoms with Gasteiger partial charge in [0.05, 0.1) is 6.04 Å². The van der Waals surface area contributed by atoms with Gasteiger partial charge in [-0.1, -0.05) is 48.9 Å². The summed E-state index contributed by atoms with van der Waals surface area (Å²) in [5.41, 5.74) is 8.80. The molecule has 0 fully saturated rings. The lowest BCUT2D eigenvalue weighted by molar-refractivity contribution is -0.137. The zero-order valence-corrected chi connectivity index (χ0v) is 20.0. The molecule has 3 rings (SSSR count). The molecule has 35 heavy (non-hydrogen) atoms. The van der Waals surface area contributed by atoms with Gasteiger partial charge < -0.3 is 16.0 Å². The molecule has 0 bridgehead atoms. The Hall–Kier alpha value is -3.78. The van der Waals surface area contributed by atoms with Gasteiger partial charge in [-0.05, 0) is 42.5 Å². The number of anilines is 1. The number of carbonyl (C=O) groups excluding carboxylic acids is 4. The normalized spacial score (nSPS) is 13.7. The van der Waals surface area contributed by atoms with Crippen LogP contribution in [-0.2, 0) is 32.1 Å². The molecule has 0 saturated carbocycles. The van der Waals surface area contributed by atoms with Crippen molar-refractivity contribution in [1.82, 2.24) is 10.2 Å². The summed E-state index contributed by atoms with van der Waals surface area (Å²) in [6, 6.07) is 16.5. The van der Waals surface area contributed by atoms with Crippen LogP contribution in [-0.4, -0.2) is 48.2 Å². The molecular formula is C27H32N4O4. The van der Waals surface area contributed by atoms with E-state index in [1.165, 1.54) is 17.1 Å². The Balaban J connectivity index is 1.35. The molecule has 3 N–H and O–H groups in total. The fraction of sp³-hybridized carbons (Fsp3) is 0.333. The van der Waals surface area contributed by atoms with Gasteiger partial charge in [0.1, 0.15) is 0 Å². The largest absolute Gasteiger partial charge is 0.352 e. The number of rotatable bonds is 12. The predicted molar refractivity (Wildman–Crippen MR) is 134 cm³/mol. The number of amides is 4. The minimum atomic E-state index is -0.630. The topological polar surface area (TPSA) is 113 Å². The number of benzene rings is 2. The van der Waals surface area contributed by atoms with Crippen LogP contribution < -0.4 is 16.0 Å². The van der Waals surface area contributed by atoms with E-state index in [1.54, 1.807) is 11.9 Å². The molecule has 0 radical (unpaired) electrons. The molecule has 0 spiro atoms. The molecular weight excluding hydrogens is 444 g/mol. The maximum absolute atomic E-state index is 12.7. The first-order valence-electron chi connectivity index (χ1n) is 11.8. The van der Waals surface area contributed by atoms with Crippen LogP contribution in [0.4, 0.5) is 5.69 Å². The van der Waals surface area contributed by atoms with Gasteiger partial charge in [-0.15, -0.1) is 0 Å². The first-order chi connectivity index (χ1) is 16.8. The fourth-order valence-corrected chi connectivity index (χ4v) is 3.84. The lowest BCUT2D eigenvalue weighted by Gasteiger charge is -2.22. The van der Waals surface area contributed by atoms with Gasteiger partial charge in [0.25, 0.3) is 11.8 Å². The number of hydrogen-bond donors (Lipinski definition) is 2. The summed E-state index contributed by atoms with van der Waals surface area (Å²) in [7, 11) is 1.70. The van der Waals surface area contributed by atoms with Gasteiger partial charge in [-0.25, -0.2) is 0 Å². The standard InChI is InChI=1S/C27H32N4O4/c1-30(27(35)23(28)18-20-8-4-2-5-9-20)22-13-11-21(12-14-22)19-29-24(32)10-6-3-7-17-31-25(33)15-16-26(31)34/h2,4-5,8-9,11-16,23H,3,6-7,10,17-19,28H2,1H3,(H,29,32). The average Bonchev–Trinajstić information content (AvgIpc) is 3.19. The Kier molecular flexibility index (Phi) is 9.31. The van der Waals surface area contributed by atoms with Gasteiger partial charge in [0, 0.05) is 44.4 Å². The lowest BCUT2D eigenvalue weighted by Crippen LogP contribution is -2.43. The minimum Gasteiger partial charge on any atom is -0.352 e. The molecule has 0 aromatic heterocycles. The molecule has 0 saturated heterocycles. The monoisotopic (exact) mass is 476 g/mol. The van der Waals surface area contributed by atoms with E-state index >= 15 is 0 Å². The molecule has 8 nitrogen and oxygen atoms in total. The van der Waals surface area contributed by atoms with Crippen LogP contribution in [0.3, 0.4) is 0 Å². The van der Waals surface area contributed by atoms with Crippen molar-refractivity contribution in [3.63, 3.8) is 0 Å². The second-order valence-corrected chi connectivity index (χ2v) is 8.61. The van der Waals surface area contributed by atoms with Crippen molar-refractivity contribution in [2.75, 3.05) is 18.5 Å². The molecule has 1 aliphatic heterocycles. The first-order valence-corrected chi connectivity index (χ1v) is 11.8. The van der Waals surface area contributed by atoms with Gasteiger partial charge in [-0.3, -0.25) is 24.1 Å². The lowest BCUT2D eigenvalue weighted by atomic mass is 10.1. The average molecular weight is 477 g/mol. The van der Waals surface area contributed by atoms with E-state index in [2.05, 4.69) is 5.32 Å². The van der Waals surface area contributed by atoms with Crippen LogP contribution in [0.5, 0.6) is 0 Å². The highest BCUT2D eigenvalue weighted by Crippen LogP contribution is 2.16. The second-order valence-electron chi connectivity index (χ2n) is 8.61. The second kappa shape index (κ2) is 12.6. The van der Waals surface area contributed by atoms with Crippen LogP contribution >= 0.6 is 0 Å². The van der Waals surface area contributed by atoms with E-state index in [1.807, 2.05) is 54.6 Å². The number of carbonyl (C=O) groups is 4. The minimum absolute atomic E-state index is 0.0525. The Morgan fingerprint density at radius 2 is 1.57 bits per heavy atom. The third kappa shape index (κ3) is 7.61. The summed E-state index contributed by atoms with van der Waals surface area (Å²) >= 11 is 0. The van der Waals surface area contributed by atoms with E-state index in [0.29, 0.717) is 38.8 Å². The van der Waals surface area contributed by atoms with Crippen molar-refractivity contribution < 1.29 is 19.2 Å². The molecule has 4 amide bonds. The van der Waals surface area contributed by atoms with Crippen molar-refractivity contribution in [2.24, 2.45) is 5.73 Å². The first kappa shape index (κ1) is 25.8. The fourth-order valence-electron chi connectivity index (χ4n) is 3.84. The van der Waals surface area contributed by atoms with Crippen molar-refractivity contribution in [1.29, 1.82) is 0 Å². The number of unbranched alkanes of at least 4 members (excludes halogenated alkanes) is 2. The summed E-state index contributed by atoms with van der Waals surface area (Å²) in [5, 5.41) is 2.89. The SMILES string of the molecule is CN(C(=O)C(N)Cc1ccccc1)c1ccc(CNC(=O)CCCCCN2C(=O)C=CC2=O)cc1. The van der Waals surface area contributed by atoms with Crippen molar-refractivity contribution in [2.45, 2.75) is 44.7 Å². The molecule has 1 unspecified atom stereocenters. The van der Waals surface area contributed by atoms with Gasteiger partial charge in [-0.2, -0.15) is 0 Å². The Bertz CT molecular complexity index is 1050. The maximum atomic E-state index is 12.7. The molecule has 0 aliphatic carbocycles. The smallest absolute Gasteiger partial charge is 0.253 e. The molecule has 1 heterocycles. The van der Waals surface area contributed by atoms with Crippen LogP contribution in [0.25, 0.3) is 0 Å². The highest BCUT2D eigenvalue weighted by atomic mass is 16.2. The van der Waals surface area contributed by atoms with E-state index in [0.717, 1.165) is 23.2 Å². The van der Waals surface area contributed by atoms with Gasteiger partial charge in [0.15, 0.2) is 0 Å². The number of likely N-dealkylation sites (N-methyl/N-ethyl adjacent to an activating group) is 1. The van der Waals surface area contributed by atoms with Crippen LogP contribution in [0.1, 0.15) is 36.8 Å². The van der Waals surface area contributed by atoms with E-state index in [4.69, 9.17) is 5.73 Å². The summed E-state index contributed by atoms with van der Waals surface area (Å²) < 4.78 is 0. The Morgan fingerprint density at radius 1 is 0.914 bits per heavy atom. The number of nitrogens with two attached hydrogens (primary N) is 1. The molecule has 1 aliphatic rings. The summed E-state index contributed by atoms with van der Waals surface area (Å²) in [6.07, 6.45) is 5.53. The molecule has 8 heteroatoms. The Labute approximate surface area is 205 Å². The zero-order valence-electron chi connectivity index (χ0n) is 20.0. The highest BCUT2D eigenvalue weighted by molar-refractivity contribution is 6.12. The van der Waals surface area contributed by atoms with Gasteiger partial charge in [0.2, 0.25) is 11.8 Å². The number of nitrogens with zero attached hydrogens (tertiary/aromatic N) is 2. The zero-order chi connectivity index (χ0) is 25.2. The van der Waals surface area contributed by atoms with Crippen molar-refractivity contribution in [3.8, 4) is 0 Å². The molecule has 184 valence electrons. The quantitative estimate of drug-likeness (QED) is 0.361. The number of nitrogens with one attached hydrogen (secondary N) is 1. The summed E-state index contributed by atoms with van der Waals surface area (Å²) in [4.78, 5) is 50.6. The maximum Gasteiger partial charge on any atom is 0.253 e. The molecule has 1 atom stereocenters. The van der Waals surface area contributed by atoms with E-state index in [-0.39, 0.29) is 23.6 Å². The van der Waals surface area contributed by atoms with Crippen LogP contribution in [0, 0.1) is 0 Å². The highest BCUT2D eigenvalue weighted by Gasteiger charge is 2.22. The molecule has 2 aromatic rings. The number of imide groups is 1. The van der Waals surface area contributed by atoms with E-state index < -0.39 is 6.04 Å². The van der Waals surface area contributed by atoms with Crippen LogP contribution in [0.2, 0.25) is 0 Å². The van der Waals surface area contributed by atoms with Crippen molar-refractivity contribution in [3.05, 3.63) is 77.9 Å². The third-order valence-corrected chi connectivity index (χ3v) is 5.95. The predicted octanol–water partition coefficient (Wildman–Crippen LogP) is 2.32. The van der Waals surface area contributed by atoms with Gasteiger partial charge >= 0.3 is 0 Å². The summed E-state index contributed by atoms with van der Waals surface area (Å²) in [6.45, 7) is 0.777. The number of hydrogen-bond acceptors (Lipinski definition) is 5. The van der Waals surface area contributed by atoms with Crippen molar-refractivity contribution >= 4 is 29.3 Å². The van der Waals surface area contributed by atoms with E-state index in [9.17, 15) is 19.2 Å². The molecule has 2 aromatic carbocycles. The van der Waals surface area contributed by atoms with Crippen LogP contribution in [0.15, 0.2) is 66.7 Å². The Morgan fingerprint density at radius 3 is 2.23 bits per heavy atom. The summed E-state index contributed by atoms with van der Waals surface area (Å²) in [5.74, 6) is -0.762. The third-order valence-electron chi connectivity index (χ3n) is 5.95.